The molecule has 1 saturated carbocycles. The number of thiazole rings is 1. The lowest BCUT2D eigenvalue weighted by molar-refractivity contribution is 0.186. The molecule has 1 unspecified atom stereocenters. The molecule has 106 valence electrons. The molecule has 2 fully saturated rings. The smallest absolute Gasteiger partial charge is 0.0941 e. The second-order valence-electron chi connectivity index (χ2n) is 6.19. The van der Waals surface area contributed by atoms with Crippen molar-refractivity contribution in [2.45, 2.75) is 51.6 Å². The Kier molecular flexibility index (Phi) is 4.51. The van der Waals surface area contributed by atoms with Gasteiger partial charge in [0.2, 0.25) is 0 Å². The van der Waals surface area contributed by atoms with Gasteiger partial charge in [-0.05, 0) is 38.1 Å². The molecule has 3 nitrogen and oxygen atoms in total. The standard InChI is InChI=1S/C15H25N3S/c1-12-3-2-7-18(10-12)8-6-15-17-14(11-19-15)9-16-13-4-5-13/h11-13,16H,2-10H2,1H3. The SMILES string of the molecule is CC1CCCN(CCc2nc(CNC3CC3)cs2)C1. The van der Waals surface area contributed by atoms with Gasteiger partial charge in [-0.25, -0.2) is 4.98 Å². The summed E-state index contributed by atoms with van der Waals surface area (Å²) in [4.78, 5) is 7.35. The average Bonchev–Trinajstić information content (AvgIpc) is 3.13. The molecule has 0 amide bonds. The molecule has 1 saturated heterocycles. The highest BCUT2D eigenvalue weighted by Crippen LogP contribution is 2.20. The molecule has 0 radical (unpaired) electrons. The van der Waals surface area contributed by atoms with Gasteiger partial charge in [-0.1, -0.05) is 6.92 Å². The van der Waals surface area contributed by atoms with Crippen LogP contribution in [0.5, 0.6) is 0 Å². The Morgan fingerprint density at radius 2 is 2.32 bits per heavy atom. The van der Waals surface area contributed by atoms with E-state index in [1.54, 1.807) is 0 Å². The molecule has 1 aromatic rings. The normalized spacial score (nSPS) is 24.8. The van der Waals surface area contributed by atoms with Crippen molar-refractivity contribution in [2.75, 3.05) is 19.6 Å². The van der Waals surface area contributed by atoms with Gasteiger partial charge in [-0.15, -0.1) is 11.3 Å². The summed E-state index contributed by atoms with van der Waals surface area (Å²) in [5.74, 6) is 0.878. The van der Waals surface area contributed by atoms with E-state index in [1.807, 2.05) is 11.3 Å². The first kappa shape index (κ1) is 13.5. The molecular formula is C15H25N3S. The fraction of sp³-hybridized carbons (Fsp3) is 0.800. The third-order valence-electron chi connectivity index (χ3n) is 4.13. The van der Waals surface area contributed by atoms with Crippen LogP contribution in [-0.4, -0.2) is 35.6 Å². The average molecular weight is 279 g/mol. The number of likely N-dealkylation sites (tertiary alicyclic amines) is 1. The predicted octanol–water partition coefficient (Wildman–Crippen LogP) is 2.67. The maximum atomic E-state index is 4.74. The molecule has 1 atom stereocenters. The first-order valence-corrected chi connectivity index (χ1v) is 8.56. The lowest BCUT2D eigenvalue weighted by Crippen LogP contribution is -2.35. The van der Waals surface area contributed by atoms with Crippen LogP contribution in [-0.2, 0) is 13.0 Å². The Balaban J connectivity index is 1.41. The number of hydrogen-bond acceptors (Lipinski definition) is 4. The maximum Gasteiger partial charge on any atom is 0.0941 e. The van der Waals surface area contributed by atoms with Gasteiger partial charge in [-0.3, -0.25) is 0 Å². The summed E-state index contributed by atoms with van der Waals surface area (Å²) < 4.78 is 0. The van der Waals surface area contributed by atoms with E-state index < -0.39 is 0 Å². The lowest BCUT2D eigenvalue weighted by atomic mass is 10.0. The number of nitrogens with one attached hydrogen (secondary N) is 1. The molecule has 2 heterocycles. The highest BCUT2D eigenvalue weighted by Gasteiger charge is 2.20. The maximum absolute atomic E-state index is 4.74. The van der Waals surface area contributed by atoms with E-state index in [0.717, 1.165) is 24.9 Å². The lowest BCUT2D eigenvalue weighted by Gasteiger charge is -2.30. The summed E-state index contributed by atoms with van der Waals surface area (Å²) in [5, 5.41) is 7.07. The van der Waals surface area contributed by atoms with Crippen molar-refractivity contribution in [3.63, 3.8) is 0 Å². The van der Waals surface area contributed by atoms with Crippen molar-refractivity contribution in [2.24, 2.45) is 5.92 Å². The largest absolute Gasteiger partial charge is 0.308 e. The second-order valence-corrected chi connectivity index (χ2v) is 7.13. The Morgan fingerprint density at radius 3 is 3.11 bits per heavy atom. The fourth-order valence-corrected chi connectivity index (χ4v) is 3.61. The molecule has 2 aliphatic rings. The fourth-order valence-electron chi connectivity index (χ4n) is 2.82. The van der Waals surface area contributed by atoms with Gasteiger partial charge in [0.15, 0.2) is 0 Å². The summed E-state index contributed by atoms with van der Waals surface area (Å²) in [6.07, 6.45) is 6.61. The summed E-state index contributed by atoms with van der Waals surface area (Å²) in [6.45, 7) is 7.08. The molecule has 1 N–H and O–H groups in total. The quantitative estimate of drug-likeness (QED) is 0.868. The third-order valence-corrected chi connectivity index (χ3v) is 5.09. The molecular weight excluding hydrogens is 254 g/mol. The highest BCUT2D eigenvalue weighted by atomic mass is 32.1. The predicted molar refractivity (Wildman–Crippen MR) is 80.5 cm³/mol. The van der Waals surface area contributed by atoms with Crippen LogP contribution < -0.4 is 5.32 Å². The Morgan fingerprint density at radius 1 is 1.42 bits per heavy atom. The summed E-state index contributed by atoms with van der Waals surface area (Å²) in [7, 11) is 0. The van der Waals surface area contributed by atoms with E-state index in [9.17, 15) is 0 Å². The molecule has 4 heteroatoms. The van der Waals surface area contributed by atoms with Crippen LogP contribution in [0.3, 0.4) is 0 Å². The second kappa shape index (κ2) is 6.33. The van der Waals surface area contributed by atoms with Gasteiger partial charge < -0.3 is 10.2 Å². The molecule has 1 aliphatic carbocycles. The topological polar surface area (TPSA) is 28.2 Å². The molecule has 1 aromatic heterocycles. The first-order chi connectivity index (χ1) is 9.29. The Hall–Kier alpha value is -0.450. The van der Waals surface area contributed by atoms with Crippen molar-refractivity contribution in [3.8, 4) is 0 Å². The summed E-state index contributed by atoms with van der Waals surface area (Å²) in [5.41, 5.74) is 1.24. The van der Waals surface area contributed by atoms with Crippen LogP contribution in [0, 0.1) is 5.92 Å². The van der Waals surface area contributed by atoms with E-state index in [0.29, 0.717) is 0 Å². The van der Waals surface area contributed by atoms with Crippen molar-refractivity contribution < 1.29 is 0 Å². The van der Waals surface area contributed by atoms with Crippen molar-refractivity contribution in [1.82, 2.24) is 15.2 Å². The molecule has 0 spiro atoms. The van der Waals surface area contributed by atoms with Crippen LogP contribution in [0.25, 0.3) is 0 Å². The minimum Gasteiger partial charge on any atom is -0.308 e. The van der Waals surface area contributed by atoms with E-state index in [-0.39, 0.29) is 0 Å². The van der Waals surface area contributed by atoms with E-state index >= 15 is 0 Å². The number of rotatable bonds is 6. The zero-order valence-corrected chi connectivity index (χ0v) is 12.7. The van der Waals surface area contributed by atoms with Gasteiger partial charge in [0.1, 0.15) is 0 Å². The van der Waals surface area contributed by atoms with Crippen LogP contribution in [0.2, 0.25) is 0 Å². The monoisotopic (exact) mass is 279 g/mol. The zero-order chi connectivity index (χ0) is 13.1. The minimum atomic E-state index is 0.778. The highest BCUT2D eigenvalue weighted by molar-refractivity contribution is 7.09. The van der Waals surface area contributed by atoms with Crippen molar-refractivity contribution in [3.05, 3.63) is 16.1 Å². The van der Waals surface area contributed by atoms with Gasteiger partial charge >= 0.3 is 0 Å². The number of nitrogens with zero attached hydrogens (tertiary/aromatic N) is 2. The number of piperidine rings is 1. The Bertz CT molecular complexity index is 400. The van der Waals surface area contributed by atoms with Crippen LogP contribution in [0.4, 0.5) is 0 Å². The van der Waals surface area contributed by atoms with E-state index in [2.05, 4.69) is 22.5 Å². The summed E-state index contributed by atoms with van der Waals surface area (Å²) >= 11 is 1.83. The van der Waals surface area contributed by atoms with Crippen molar-refractivity contribution >= 4 is 11.3 Å². The van der Waals surface area contributed by atoms with Crippen LogP contribution in [0.1, 0.15) is 43.3 Å². The van der Waals surface area contributed by atoms with Crippen molar-refractivity contribution in [1.29, 1.82) is 0 Å². The molecule has 0 aromatic carbocycles. The van der Waals surface area contributed by atoms with Crippen LogP contribution in [0.15, 0.2) is 5.38 Å². The molecule has 19 heavy (non-hydrogen) atoms. The number of hydrogen-bond donors (Lipinski definition) is 1. The number of aromatic nitrogens is 1. The van der Waals surface area contributed by atoms with Gasteiger partial charge in [0.25, 0.3) is 0 Å². The molecule has 3 rings (SSSR count). The van der Waals surface area contributed by atoms with Gasteiger partial charge in [0.05, 0.1) is 10.7 Å². The Labute approximate surface area is 120 Å². The van der Waals surface area contributed by atoms with E-state index in [4.69, 9.17) is 4.98 Å². The zero-order valence-electron chi connectivity index (χ0n) is 11.9. The third kappa shape index (κ3) is 4.26. The molecule has 1 aliphatic heterocycles. The summed E-state index contributed by atoms with van der Waals surface area (Å²) in [6, 6.07) is 0.778. The van der Waals surface area contributed by atoms with Gasteiger partial charge in [0, 0.05) is 37.5 Å². The first-order valence-electron chi connectivity index (χ1n) is 7.68. The van der Waals surface area contributed by atoms with Gasteiger partial charge in [-0.2, -0.15) is 0 Å². The van der Waals surface area contributed by atoms with Crippen LogP contribution >= 0.6 is 11.3 Å². The molecule has 0 bridgehead atoms. The van der Waals surface area contributed by atoms with E-state index in [1.165, 1.54) is 56.0 Å². The minimum absolute atomic E-state index is 0.778.